The van der Waals surface area contributed by atoms with Gasteiger partial charge in [-0.15, -0.1) is 21.5 Å². The number of thiophene rings is 1. The summed E-state index contributed by atoms with van der Waals surface area (Å²) in [5, 5.41) is 10.0. The van der Waals surface area contributed by atoms with Crippen molar-refractivity contribution >= 4 is 17.2 Å². The fraction of sp³-hybridized carbons (Fsp3) is 0. The predicted octanol–water partition coefficient (Wildman–Crippen LogP) is 3.39. The second-order valence-corrected chi connectivity index (χ2v) is 5.56. The van der Waals surface area contributed by atoms with Crippen molar-refractivity contribution in [3.05, 3.63) is 48.2 Å². The van der Waals surface area contributed by atoms with Crippen LogP contribution in [0.1, 0.15) is 2.85 Å². The third kappa shape index (κ3) is 2.55. The maximum absolute atomic E-state index is 5.92. The molecule has 23 heavy (non-hydrogen) atoms. The standard InChI is InChI=1S/C15H10N6OS.2H2/c16-13-12(15-21-20-14(22-15)11-2-1-7-23-11)19-10(8-18-13)9-3-5-17-6-4-9;;/h1-8H,(H2,16,18);2*1H. The van der Waals surface area contributed by atoms with Crippen LogP contribution < -0.4 is 5.73 Å². The van der Waals surface area contributed by atoms with Gasteiger partial charge in [0.25, 0.3) is 11.8 Å². The highest BCUT2D eigenvalue weighted by atomic mass is 32.1. The van der Waals surface area contributed by atoms with Crippen LogP contribution in [0.2, 0.25) is 0 Å². The molecule has 7 nitrogen and oxygen atoms in total. The van der Waals surface area contributed by atoms with E-state index in [2.05, 4.69) is 25.1 Å². The van der Waals surface area contributed by atoms with E-state index in [9.17, 15) is 0 Å². The molecule has 0 spiro atoms. The summed E-state index contributed by atoms with van der Waals surface area (Å²) in [7, 11) is 0. The first kappa shape index (κ1) is 13.5. The monoisotopic (exact) mass is 326 g/mol. The lowest BCUT2D eigenvalue weighted by atomic mass is 10.2. The molecular weight excluding hydrogens is 312 g/mol. The Morgan fingerprint density at radius 2 is 1.91 bits per heavy atom. The summed E-state index contributed by atoms with van der Waals surface area (Å²) in [6.45, 7) is 0. The van der Waals surface area contributed by atoms with Crippen molar-refractivity contribution in [2.24, 2.45) is 0 Å². The van der Waals surface area contributed by atoms with Crippen LogP contribution in [-0.4, -0.2) is 25.1 Å². The van der Waals surface area contributed by atoms with E-state index >= 15 is 0 Å². The molecule has 0 amide bonds. The molecule has 2 N–H and O–H groups in total. The molecule has 0 aromatic carbocycles. The van der Waals surface area contributed by atoms with E-state index in [1.165, 1.54) is 11.3 Å². The van der Waals surface area contributed by atoms with Crippen LogP contribution in [0.3, 0.4) is 0 Å². The van der Waals surface area contributed by atoms with Gasteiger partial charge in [0.2, 0.25) is 0 Å². The van der Waals surface area contributed by atoms with E-state index in [0.717, 1.165) is 10.4 Å². The lowest BCUT2D eigenvalue weighted by Gasteiger charge is -2.03. The summed E-state index contributed by atoms with van der Waals surface area (Å²) < 4.78 is 5.68. The molecule has 0 unspecified atom stereocenters. The molecule has 4 aromatic rings. The van der Waals surface area contributed by atoms with Gasteiger partial charge in [0.1, 0.15) is 0 Å². The van der Waals surface area contributed by atoms with Crippen molar-refractivity contribution in [1.29, 1.82) is 0 Å². The Kier molecular flexibility index (Phi) is 3.28. The molecule has 0 aliphatic carbocycles. The zero-order valence-corrected chi connectivity index (χ0v) is 12.6. The Hall–Kier alpha value is -3.13. The molecule has 0 aliphatic heterocycles. The topological polar surface area (TPSA) is 104 Å². The Morgan fingerprint density at radius 1 is 1.09 bits per heavy atom. The molecule has 0 saturated carbocycles. The van der Waals surface area contributed by atoms with Crippen LogP contribution >= 0.6 is 11.3 Å². The fourth-order valence-electron chi connectivity index (χ4n) is 2.04. The second-order valence-electron chi connectivity index (χ2n) is 4.61. The molecule has 0 aliphatic rings. The number of hydrogen-bond acceptors (Lipinski definition) is 8. The first-order chi connectivity index (χ1) is 11.3. The Bertz CT molecular complexity index is 946. The summed E-state index contributed by atoms with van der Waals surface area (Å²) in [5.74, 6) is 0.920. The van der Waals surface area contributed by atoms with Crippen LogP contribution in [0.25, 0.3) is 33.6 Å². The quantitative estimate of drug-likeness (QED) is 0.615. The van der Waals surface area contributed by atoms with Gasteiger partial charge < -0.3 is 10.2 Å². The number of aromatic nitrogens is 5. The molecule has 4 aromatic heterocycles. The third-order valence-corrected chi connectivity index (χ3v) is 3.99. The number of nitrogens with two attached hydrogens (primary N) is 1. The van der Waals surface area contributed by atoms with Gasteiger partial charge in [-0.1, -0.05) is 6.07 Å². The van der Waals surface area contributed by atoms with Crippen molar-refractivity contribution in [3.63, 3.8) is 0 Å². The normalized spacial score (nSPS) is 10.8. The Labute approximate surface area is 137 Å². The summed E-state index contributed by atoms with van der Waals surface area (Å²) in [4.78, 5) is 13.6. The number of nitrogens with zero attached hydrogens (tertiary/aromatic N) is 5. The summed E-state index contributed by atoms with van der Waals surface area (Å²) in [6, 6.07) is 7.51. The maximum atomic E-state index is 5.92. The van der Waals surface area contributed by atoms with E-state index in [1.807, 2.05) is 29.6 Å². The van der Waals surface area contributed by atoms with Gasteiger partial charge in [0.05, 0.1) is 16.8 Å². The minimum Gasteiger partial charge on any atom is -0.414 e. The average Bonchev–Trinajstić information content (AvgIpc) is 3.27. The van der Waals surface area contributed by atoms with Gasteiger partial charge in [0.15, 0.2) is 11.5 Å². The van der Waals surface area contributed by atoms with E-state index in [1.54, 1.807) is 18.6 Å². The highest BCUT2D eigenvalue weighted by molar-refractivity contribution is 7.13. The SMILES string of the molecule is Nc1ncc(-c2ccncc2)nc1-c1nnc(-c2cccs2)o1.[HH].[HH]. The molecule has 0 bridgehead atoms. The predicted molar refractivity (Wildman–Crippen MR) is 90.5 cm³/mol. The molecule has 8 heteroatoms. The molecule has 0 radical (unpaired) electrons. The Balaban J connectivity index is 0.00000113. The zero-order valence-electron chi connectivity index (χ0n) is 11.7. The van der Waals surface area contributed by atoms with Gasteiger partial charge in [-0.2, -0.15) is 0 Å². The van der Waals surface area contributed by atoms with Gasteiger partial charge in [-0.25, -0.2) is 9.97 Å². The summed E-state index contributed by atoms with van der Waals surface area (Å²) >= 11 is 1.52. The van der Waals surface area contributed by atoms with E-state index < -0.39 is 0 Å². The van der Waals surface area contributed by atoms with Crippen molar-refractivity contribution in [1.82, 2.24) is 25.1 Å². The molecule has 4 rings (SSSR count). The highest BCUT2D eigenvalue weighted by Gasteiger charge is 2.17. The molecule has 0 saturated heterocycles. The van der Waals surface area contributed by atoms with Crippen LogP contribution in [0.5, 0.6) is 0 Å². The number of nitrogen functional groups attached to an aromatic ring is 1. The largest absolute Gasteiger partial charge is 0.414 e. The Morgan fingerprint density at radius 3 is 2.70 bits per heavy atom. The van der Waals surface area contributed by atoms with Crippen LogP contribution in [-0.2, 0) is 0 Å². The number of hydrogen-bond donors (Lipinski definition) is 1. The summed E-state index contributed by atoms with van der Waals surface area (Å²) in [5.41, 5.74) is 7.83. The van der Waals surface area contributed by atoms with Crippen LogP contribution in [0.15, 0.2) is 52.7 Å². The lowest BCUT2D eigenvalue weighted by Crippen LogP contribution is -1.99. The summed E-state index contributed by atoms with van der Waals surface area (Å²) in [6.07, 6.45) is 4.98. The van der Waals surface area contributed by atoms with E-state index in [0.29, 0.717) is 17.3 Å². The number of rotatable bonds is 3. The van der Waals surface area contributed by atoms with Crippen molar-refractivity contribution in [2.45, 2.75) is 0 Å². The first-order valence-electron chi connectivity index (χ1n) is 6.72. The third-order valence-electron chi connectivity index (χ3n) is 3.14. The van der Waals surface area contributed by atoms with Gasteiger partial charge in [-0.05, 0) is 23.6 Å². The number of pyridine rings is 1. The van der Waals surface area contributed by atoms with E-state index in [4.69, 9.17) is 10.2 Å². The van der Waals surface area contributed by atoms with Gasteiger partial charge in [-0.3, -0.25) is 4.98 Å². The molecule has 116 valence electrons. The second kappa shape index (κ2) is 5.58. The van der Waals surface area contributed by atoms with Crippen LogP contribution in [0.4, 0.5) is 5.82 Å². The molecule has 0 atom stereocenters. The number of anilines is 1. The lowest BCUT2D eigenvalue weighted by molar-refractivity contribution is 0.583. The molecule has 0 fully saturated rings. The van der Waals surface area contributed by atoms with Crippen LogP contribution in [0, 0.1) is 0 Å². The zero-order chi connectivity index (χ0) is 15.6. The average molecular weight is 326 g/mol. The highest BCUT2D eigenvalue weighted by Crippen LogP contribution is 2.29. The van der Waals surface area contributed by atoms with E-state index in [-0.39, 0.29) is 14.6 Å². The van der Waals surface area contributed by atoms with Crippen molar-refractivity contribution in [2.75, 3.05) is 5.73 Å². The fourth-order valence-corrected chi connectivity index (χ4v) is 2.68. The first-order valence-corrected chi connectivity index (χ1v) is 7.60. The smallest absolute Gasteiger partial charge is 0.270 e. The van der Waals surface area contributed by atoms with Crippen molar-refractivity contribution in [3.8, 4) is 33.6 Å². The minimum atomic E-state index is 0. The maximum Gasteiger partial charge on any atom is 0.270 e. The van der Waals surface area contributed by atoms with Gasteiger partial charge >= 0.3 is 0 Å². The molecule has 4 heterocycles. The van der Waals surface area contributed by atoms with Crippen molar-refractivity contribution < 1.29 is 7.27 Å². The van der Waals surface area contributed by atoms with Gasteiger partial charge in [0, 0.05) is 20.8 Å². The molecular formula is C15H14N6OS. The minimum absolute atomic E-state index is 0.